The summed E-state index contributed by atoms with van der Waals surface area (Å²) in [7, 11) is 0. The molecule has 0 radical (unpaired) electrons. The van der Waals surface area contributed by atoms with Crippen LogP contribution < -0.4 is 5.43 Å². The molecule has 2 N–H and O–H groups in total. The van der Waals surface area contributed by atoms with Crippen LogP contribution in [0.15, 0.2) is 76.2 Å². The average Bonchev–Trinajstić information content (AvgIpc) is 3.39. The third kappa shape index (κ3) is 4.62. The Balaban J connectivity index is 1.45. The Labute approximate surface area is 191 Å². The van der Waals surface area contributed by atoms with Crippen LogP contribution in [0.1, 0.15) is 43.4 Å². The van der Waals surface area contributed by atoms with Gasteiger partial charge in [0, 0.05) is 28.2 Å². The summed E-state index contributed by atoms with van der Waals surface area (Å²) in [6.45, 7) is 5.86. The molecule has 0 atom stereocenters. The first kappa shape index (κ1) is 21.8. The summed E-state index contributed by atoms with van der Waals surface area (Å²) in [4.78, 5) is 23.7. The van der Waals surface area contributed by atoms with E-state index < -0.39 is 5.97 Å². The molecule has 2 heterocycles. The predicted octanol–water partition coefficient (Wildman–Crippen LogP) is 5.12. The van der Waals surface area contributed by atoms with Gasteiger partial charge in [0.15, 0.2) is 0 Å². The number of rotatable bonds is 6. The van der Waals surface area contributed by atoms with Gasteiger partial charge in [-0.2, -0.15) is 5.10 Å². The maximum absolute atomic E-state index is 12.6. The molecule has 7 heteroatoms. The molecule has 0 aliphatic heterocycles. The van der Waals surface area contributed by atoms with Crippen molar-refractivity contribution in [2.24, 2.45) is 5.10 Å². The fourth-order valence-corrected chi connectivity index (χ4v) is 3.72. The van der Waals surface area contributed by atoms with Crippen LogP contribution in [0.25, 0.3) is 17.0 Å². The smallest absolute Gasteiger partial charge is 0.335 e. The van der Waals surface area contributed by atoms with Gasteiger partial charge in [-0.15, -0.1) is 0 Å². The van der Waals surface area contributed by atoms with Crippen molar-refractivity contribution in [3.05, 3.63) is 101 Å². The molecule has 0 unspecified atom stereocenters. The first-order chi connectivity index (χ1) is 15.8. The lowest BCUT2D eigenvalue weighted by molar-refractivity contribution is 0.0696. The summed E-state index contributed by atoms with van der Waals surface area (Å²) in [6.07, 6.45) is 1.42. The van der Waals surface area contributed by atoms with E-state index >= 15 is 0 Å². The van der Waals surface area contributed by atoms with Gasteiger partial charge in [-0.1, -0.05) is 12.1 Å². The topological polar surface area (TPSA) is 96.8 Å². The molecule has 2 aromatic heterocycles. The molecule has 7 nitrogen and oxygen atoms in total. The van der Waals surface area contributed by atoms with Gasteiger partial charge in [0.2, 0.25) is 0 Å². The van der Waals surface area contributed by atoms with Gasteiger partial charge in [0.1, 0.15) is 11.5 Å². The second-order valence-electron chi connectivity index (χ2n) is 7.74. The predicted molar refractivity (Wildman–Crippen MR) is 126 cm³/mol. The summed E-state index contributed by atoms with van der Waals surface area (Å²) in [5.74, 6) is -0.263. The number of furan rings is 1. The van der Waals surface area contributed by atoms with Gasteiger partial charge in [0.25, 0.3) is 5.91 Å². The van der Waals surface area contributed by atoms with Crippen LogP contribution >= 0.6 is 0 Å². The van der Waals surface area contributed by atoms with Crippen molar-refractivity contribution in [2.75, 3.05) is 0 Å². The number of carbonyl (C=O) groups is 2. The van der Waals surface area contributed by atoms with Crippen LogP contribution in [0.3, 0.4) is 0 Å². The summed E-state index contributed by atoms with van der Waals surface area (Å²) in [5, 5.41) is 13.1. The number of nitrogens with one attached hydrogen (secondary N) is 1. The Morgan fingerprint density at radius 1 is 0.939 bits per heavy atom. The van der Waals surface area contributed by atoms with Crippen molar-refractivity contribution in [3.8, 4) is 17.0 Å². The number of carboxylic acids is 1. The minimum atomic E-state index is -0.975. The zero-order valence-electron chi connectivity index (χ0n) is 18.5. The fraction of sp³-hybridized carbons (Fsp3) is 0.115. The van der Waals surface area contributed by atoms with Gasteiger partial charge in [-0.25, -0.2) is 10.2 Å². The number of nitrogens with zero attached hydrogens (tertiary/aromatic N) is 2. The highest BCUT2D eigenvalue weighted by molar-refractivity contribution is 5.95. The Kier molecular flexibility index (Phi) is 5.95. The van der Waals surface area contributed by atoms with Gasteiger partial charge in [-0.05, 0) is 80.9 Å². The molecule has 4 rings (SSSR count). The average molecular weight is 441 g/mol. The SMILES string of the molecule is Cc1cc(C(=O)O)ccc1-c1ccc(/C=N\NC(=O)c2cccc(-n3c(C)ccc3C)c2)o1. The lowest BCUT2D eigenvalue weighted by atomic mass is 10.0. The molecule has 4 aromatic rings. The molecule has 33 heavy (non-hydrogen) atoms. The van der Waals surface area contributed by atoms with Crippen molar-refractivity contribution in [2.45, 2.75) is 20.8 Å². The first-order valence-electron chi connectivity index (χ1n) is 10.4. The molecule has 0 saturated carbocycles. The van der Waals surface area contributed by atoms with Gasteiger partial charge in [-0.3, -0.25) is 4.79 Å². The monoisotopic (exact) mass is 441 g/mol. The van der Waals surface area contributed by atoms with Crippen molar-refractivity contribution < 1.29 is 19.1 Å². The zero-order valence-corrected chi connectivity index (χ0v) is 18.5. The van der Waals surface area contributed by atoms with E-state index in [2.05, 4.69) is 15.1 Å². The number of aromatic nitrogens is 1. The molecule has 0 aliphatic rings. The molecular formula is C26H23N3O4. The molecule has 0 aliphatic carbocycles. The van der Waals surface area contributed by atoms with Crippen LogP contribution in [0.5, 0.6) is 0 Å². The molecule has 0 saturated heterocycles. The van der Waals surface area contributed by atoms with Gasteiger partial charge in [0.05, 0.1) is 11.8 Å². The zero-order chi connectivity index (χ0) is 23.5. The van der Waals surface area contributed by atoms with Crippen molar-refractivity contribution in [1.82, 2.24) is 9.99 Å². The van der Waals surface area contributed by atoms with E-state index in [0.717, 1.165) is 28.2 Å². The van der Waals surface area contributed by atoms with Crippen LogP contribution in [0.2, 0.25) is 0 Å². The van der Waals surface area contributed by atoms with E-state index in [-0.39, 0.29) is 11.5 Å². The van der Waals surface area contributed by atoms with Crippen LogP contribution in [0, 0.1) is 20.8 Å². The first-order valence-corrected chi connectivity index (χ1v) is 10.4. The summed E-state index contributed by atoms with van der Waals surface area (Å²) < 4.78 is 7.86. The highest BCUT2D eigenvalue weighted by Gasteiger charge is 2.11. The van der Waals surface area contributed by atoms with Crippen molar-refractivity contribution in [1.29, 1.82) is 0 Å². The number of hydrazone groups is 1. The Hall–Kier alpha value is -4.39. The Morgan fingerprint density at radius 2 is 1.70 bits per heavy atom. The van der Waals surface area contributed by atoms with Gasteiger partial charge >= 0.3 is 5.97 Å². The number of hydrogen-bond donors (Lipinski definition) is 2. The number of carbonyl (C=O) groups excluding carboxylic acids is 1. The quantitative estimate of drug-likeness (QED) is 0.320. The number of amides is 1. The van der Waals surface area contributed by atoms with Crippen LogP contribution in [0.4, 0.5) is 0 Å². The molecule has 166 valence electrons. The highest BCUT2D eigenvalue weighted by atomic mass is 16.4. The lowest BCUT2D eigenvalue weighted by Gasteiger charge is -2.10. The molecule has 0 bridgehead atoms. The standard InChI is InChI=1S/C26H23N3O4/c1-16-13-20(26(31)32)9-11-23(16)24-12-10-22(33-24)15-27-28-25(30)19-5-4-6-21(14-19)29-17(2)7-8-18(29)3/h4-15H,1-3H3,(H,28,30)(H,31,32)/b27-15-. The minimum Gasteiger partial charge on any atom is -0.478 e. The molecular weight excluding hydrogens is 418 g/mol. The van der Waals surface area contributed by atoms with E-state index in [1.54, 1.807) is 30.3 Å². The molecule has 0 fully saturated rings. The van der Waals surface area contributed by atoms with Crippen LogP contribution in [-0.4, -0.2) is 27.8 Å². The number of aromatic carboxylic acids is 1. The largest absolute Gasteiger partial charge is 0.478 e. The molecule has 2 aromatic carbocycles. The fourth-order valence-electron chi connectivity index (χ4n) is 3.72. The Bertz CT molecular complexity index is 1360. The number of benzene rings is 2. The molecule has 0 spiro atoms. The van der Waals surface area contributed by atoms with Gasteiger partial charge < -0.3 is 14.1 Å². The van der Waals surface area contributed by atoms with E-state index in [1.165, 1.54) is 12.3 Å². The maximum atomic E-state index is 12.6. The highest BCUT2D eigenvalue weighted by Crippen LogP contribution is 2.26. The van der Waals surface area contributed by atoms with Crippen LogP contribution in [-0.2, 0) is 0 Å². The third-order valence-electron chi connectivity index (χ3n) is 5.36. The van der Waals surface area contributed by atoms with E-state index in [1.807, 2.05) is 51.1 Å². The van der Waals surface area contributed by atoms with E-state index in [4.69, 9.17) is 9.52 Å². The summed E-state index contributed by atoms with van der Waals surface area (Å²) in [6, 6.07) is 19.8. The minimum absolute atomic E-state index is 0.221. The number of carboxylic acid groups (broad SMARTS) is 1. The second-order valence-corrected chi connectivity index (χ2v) is 7.74. The number of aryl methyl sites for hydroxylation is 3. The Morgan fingerprint density at radius 3 is 2.39 bits per heavy atom. The summed E-state index contributed by atoms with van der Waals surface area (Å²) in [5.41, 5.74) is 7.90. The lowest BCUT2D eigenvalue weighted by Crippen LogP contribution is -2.17. The third-order valence-corrected chi connectivity index (χ3v) is 5.36. The molecule has 1 amide bonds. The second kappa shape index (κ2) is 9.00. The maximum Gasteiger partial charge on any atom is 0.335 e. The van der Waals surface area contributed by atoms with Crippen molar-refractivity contribution >= 4 is 18.1 Å². The normalized spacial score (nSPS) is 11.1. The van der Waals surface area contributed by atoms with E-state index in [0.29, 0.717) is 17.1 Å². The summed E-state index contributed by atoms with van der Waals surface area (Å²) >= 11 is 0. The van der Waals surface area contributed by atoms with E-state index in [9.17, 15) is 9.59 Å². The van der Waals surface area contributed by atoms with Crippen molar-refractivity contribution in [3.63, 3.8) is 0 Å². The number of hydrogen-bond acceptors (Lipinski definition) is 4.